The van der Waals surface area contributed by atoms with Gasteiger partial charge in [0, 0.05) is 24.7 Å². The van der Waals surface area contributed by atoms with Crippen LogP contribution in [0.15, 0.2) is 65.1 Å². The Morgan fingerprint density at radius 1 is 1.18 bits per heavy atom. The smallest absolute Gasteiger partial charge is 0.286 e. The van der Waals surface area contributed by atoms with Crippen LogP contribution in [-0.4, -0.2) is 48.1 Å². The van der Waals surface area contributed by atoms with Crippen LogP contribution in [0.1, 0.15) is 5.56 Å². The second-order valence-electron chi connectivity index (χ2n) is 6.60. The number of nitrogens with one attached hydrogen (secondary N) is 1. The second kappa shape index (κ2) is 8.20. The fraction of sp³-hybridized carbons (Fsp3) is 0.250. The first-order chi connectivity index (χ1) is 13.7. The number of benzene rings is 1. The molecule has 0 saturated carbocycles. The van der Waals surface area contributed by atoms with Crippen LogP contribution in [0.3, 0.4) is 0 Å². The molecule has 1 fully saturated rings. The summed E-state index contributed by atoms with van der Waals surface area (Å²) in [5, 5.41) is 10.0. The molecule has 0 spiro atoms. The van der Waals surface area contributed by atoms with Crippen LogP contribution >= 0.6 is 0 Å². The number of pyridine rings is 1. The predicted molar refractivity (Wildman–Crippen MR) is 109 cm³/mol. The number of aromatic nitrogens is 2. The molecule has 2 aromatic heterocycles. The maximum Gasteiger partial charge on any atom is 0.286 e. The molecule has 3 N–H and O–H groups in total. The number of fused-ring (bicyclic) bond motifs is 1. The number of guanidine groups is 1. The van der Waals surface area contributed by atoms with Gasteiger partial charge in [-0.2, -0.15) is 5.10 Å². The van der Waals surface area contributed by atoms with Gasteiger partial charge in [0.05, 0.1) is 32.7 Å². The Morgan fingerprint density at radius 3 is 2.71 bits per heavy atom. The van der Waals surface area contributed by atoms with E-state index in [9.17, 15) is 0 Å². The zero-order valence-electron chi connectivity index (χ0n) is 15.8. The van der Waals surface area contributed by atoms with Crippen LogP contribution in [0.4, 0.5) is 0 Å². The van der Waals surface area contributed by atoms with E-state index in [2.05, 4.69) is 56.0 Å². The van der Waals surface area contributed by atoms with Crippen molar-refractivity contribution in [2.75, 3.05) is 26.3 Å². The number of aryl methyl sites for hydroxylation is 1. The summed E-state index contributed by atoms with van der Waals surface area (Å²) in [5.41, 5.74) is 13.3. The van der Waals surface area contributed by atoms with Crippen molar-refractivity contribution >= 4 is 17.8 Å². The topological polar surface area (TPSA) is 84.3 Å². The molecule has 144 valence electrons. The van der Waals surface area contributed by atoms with Crippen LogP contribution < -0.4 is 15.6 Å². The van der Waals surface area contributed by atoms with Gasteiger partial charge >= 0.3 is 0 Å². The lowest BCUT2D eigenvalue weighted by atomic mass is 10.1. The number of nitrogens with zero attached hydrogens (tertiary/aromatic N) is 5. The minimum Gasteiger partial charge on any atom is -0.379 e. The summed E-state index contributed by atoms with van der Waals surface area (Å²) in [7, 11) is 2.07. The van der Waals surface area contributed by atoms with Gasteiger partial charge < -0.3 is 10.5 Å². The Labute approximate surface area is 163 Å². The first-order valence-corrected chi connectivity index (χ1v) is 9.23. The maximum atomic E-state index is 5.86. The van der Waals surface area contributed by atoms with Crippen molar-refractivity contribution < 1.29 is 9.14 Å². The number of morpholine rings is 1. The van der Waals surface area contributed by atoms with Gasteiger partial charge in [-0.3, -0.25) is 5.43 Å². The van der Waals surface area contributed by atoms with Gasteiger partial charge in [0.25, 0.3) is 5.65 Å². The summed E-state index contributed by atoms with van der Waals surface area (Å²) in [6.07, 6.45) is 5.86. The third-order valence-corrected chi connectivity index (χ3v) is 4.70. The van der Waals surface area contributed by atoms with Crippen molar-refractivity contribution in [2.24, 2.45) is 23.0 Å². The van der Waals surface area contributed by atoms with E-state index in [0.29, 0.717) is 13.2 Å². The summed E-state index contributed by atoms with van der Waals surface area (Å²) >= 11 is 0. The van der Waals surface area contributed by atoms with Gasteiger partial charge in [0.2, 0.25) is 5.96 Å². The SMILES string of the molecule is Cn1c(-c2ccc(/C=N/N=C(\N)NN3CCOCC3)cc2)c[n+]2ccccc12. The van der Waals surface area contributed by atoms with E-state index in [4.69, 9.17) is 10.5 Å². The number of nitrogens with two attached hydrogens (primary N) is 1. The molecule has 8 heteroatoms. The molecule has 0 atom stereocenters. The van der Waals surface area contributed by atoms with Gasteiger partial charge in [-0.1, -0.05) is 18.2 Å². The molecule has 0 unspecified atom stereocenters. The Hall–Kier alpha value is -3.23. The summed E-state index contributed by atoms with van der Waals surface area (Å²) < 4.78 is 9.58. The van der Waals surface area contributed by atoms with Gasteiger partial charge in [0.1, 0.15) is 6.20 Å². The summed E-state index contributed by atoms with van der Waals surface area (Å²) in [6.45, 7) is 2.91. The minimum atomic E-state index is 0.266. The highest BCUT2D eigenvalue weighted by Gasteiger charge is 2.14. The molecule has 0 bridgehead atoms. The number of rotatable bonds is 4. The molecule has 1 saturated heterocycles. The van der Waals surface area contributed by atoms with Gasteiger partial charge in [-0.05, 0) is 23.8 Å². The Balaban J connectivity index is 1.43. The molecule has 1 aliphatic rings. The van der Waals surface area contributed by atoms with Crippen molar-refractivity contribution in [3.63, 3.8) is 0 Å². The molecule has 0 radical (unpaired) electrons. The summed E-state index contributed by atoms with van der Waals surface area (Å²) in [5.74, 6) is 0.266. The van der Waals surface area contributed by atoms with Crippen molar-refractivity contribution in [1.29, 1.82) is 0 Å². The monoisotopic (exact) mass is 378 g/mol. The molecule has 28 heavy (non-hydrogen) atoms. The zero-order valence-corrected chi connectivity index (χ0v) is 15.8. The minimum absolute atomic E-state index is 0.266. The lowest BCUT2D eigenvalue weighted by molar-refractivity contribution is -0.510. The predicted octanol–water partition coefficient (Wildman–Crippen LogP) is 0.916. The average molecular weight is 378 g/mol. The van der Waals surface area contributed by atoms with Crippen molar-refractivity contribution in [3.8, 4) is 11.3 Å². The van der Waals surface area contributed by atoms with Crippen LogP contribution in [0, 0.1) is 0 Å². The largest absolute Gasteiger partial charge is 0.379 e. The average Bonchev–Trinajstić information content (AvgIpc) is 3.06. The fourth-order valence-electron chi connectivity index (χ4n) is 3.21. The van der Waals surface area contributed by atoms with E-state index in [-0.39, 0.29) is 5.96 Å². The third-order valence-electron chi connectivity index (χ3n) is 4.70. The Bertz CT molecular complexity index is 1000. The number of hydrogen-bond acceptors (Lipinski definition) is 4. The first-order valence-electron chi connectivity index (χ1n) is 9.23. The molecule has 3 heterocycles. The van der Waals surface area contributed by atoms with Crippen molar-refractivity contribution in [1.82, 2.24) is 15.0 Å². The highest BCUT2D eigenvalue weighted by Crippen LogP contribution is 2.19. The van der Waals surface area contributed by atoms with Crippen LogP contribution in [0.5, 0.6) is 0 Å². The number of imidazole rings is 1. The van der Waals surface area contributed by atoms with E-state index < -0.39 is 0 Å². The van der Waals surface area contributed by atoms with Crippen molar-refractivity contribution in [2.45, 2.75) is 0 Å². The maximum absolute atomic E-state index is 5.86. The standard InChI is InChI=1S/C20H24N7O/c1-25-18(15-26-9-3-2-4-19(25)26)17-7-5-16(6-8-17)14-22-23-20(21)24-27-10-12-28-13-11-27/h2-9,14-15H,10-13H2,1H3,(H3,21,23,24)/q+1/b22-14+. The quantitative estimate of drug-likeness (QED) is 0.306. The van der Waals surface area contributed by atoms with Crippen LogP contribution in [0.25, 0.3) is 16.9 Å². The Kier molecular flexibility index (Phi) is 5.31. The normalized spacial score (nSPS) is 16.1. The highest BCUT2D eigenvalue weighted by molar-refractivity contribution is 5.82. The van der Waals surface area contributed by atoms with Crippen molar-refractivity contribution in [3.05, 3.63) is 60.4 Å². The zero-order chi connectivity index (χ0) is 19.3. The number of ether oxygens (including phenoxy) is 1. The lowest BCUT2D eigenvalue weighted by Crippen LogP contribution is -2.50. The molecule has 1 aromatic carbocycles. The summed E-state index contributed by atoms with van der Waals surface area (Å²) in [4.78, 5) is 0. The molecule has 1 aliphatic heterocycles. The number of hydrazine groups is 1. The molecule has 3 aromatic rings. The molecular weight excluding hydrogens is 354 g/mol. The third kappa shape index (κ3) is 4.03. The molecule has 8 nitrogen and oxygen atoms in total. The summed E-state index contributed by atoms with van der Waals surface area (Å²) in [6, 6.07) is 14.3. The molecule has 0 amide bonds. The van der Waals surface area contributed by atoms with Gasteiger partial charge in [0.15, 0.2) is 5.69 Å². The van der Waals surface area contributed by atoms with Gasteiger partial charge in [-0.25, -0.2) is 14.0 Å². The van der Waals surface area contributed by atoms with E-state index >= 15 is 0 Å². The first kappa shape index (κ1) is 18.1. The fourth-order valence-corrected chi connectivity index (χ4v) is 3.21. The van der Waals surface area contributed by atoms with E-state index in [1.54, 1.807) is 6.21 Å². The van der Waals surface area contributed by atoms with E-state index in [1.165, 1.54) is 0 Å². The molecule has 0 aliphatic carbocycles. The Morgan fingerprint density at radius 2 is 1.96 bits per heavy atom. The second-order valence-corrected chi connectivity index (χ2v) is 6.60. The highest BCUT2D eigenvalue weighted by atomic mass is 16.5. The number of hydrogen-bond donors (Lipinski definition) is 2. The van der Waals surface area contributed by atoms with E-state index in [0.717, 1.165) is 35.6 Å². The van der Waals surface area contributed by atoms with Crippen LogP contribution in [-0.2, 0) is 11.8 Å². The van der Waals surface area contributed by atoms with Gasteiger partial charge in [-0.15, -0.1) is 5.10 Å². The van der Waals surface area contributed by atoms with E-state index in [1.807, 2.05) is 35.5 Å². The van der Waals surface area contributed by atoms with Crippen LogP contribution in [0.2, 0.25) is 0 Å². The lowest BCUT2D eigenvalue weighted by Gasteiger charge is -2.26. The molecular formula is C20H24N7O+. The molecule has 4 rings (SSSR count).